The lowest BCUT2D eigenvalue weighted by Gasteiger charge is -2.32. The fourth-order valence-electron chi connectivity index (χ4n) is 1.85. The maximum absolute atomic E-state index is 10.7. The van der Waals surface area contributed by atoms with Gasteiger partial charge in [0.1, 0.15) is 0 Å². The second-order valence-corrected chi connectivity index (χ2v) is 5.27. The Morgan fingerprint density at radius 3 is 2.76 bits per heavy atom. The number of thiazole rings is 1. The predicted octanol–water partition coefficient (Wildman–Crippen LogP) is 0.631. The number of carboxylic acids is 1. The van der Waals surface area contributed by atoms with Crippen LogP contribution in [-0.4, -0.2) is 65.6 Å². The molecule has 0 atom stereocenters. The Balaban J connectivity index is 1.79. The zero-order valence-corrected chi connectivity index (χ0v) is 10.7. The van der Waals surface area contributed by atoms with Crippen LogP contribution >= 0.6 is 11.3 Å². The largest absolute Gasteiger partial charge is 0.476 e. The Morgan fingerprint density at radius 2 is 2.18 bits per heavy atom. The average molecular weight is 255 g/mol. The third-order valence-electron chi connectivity index (χ3n) is 3.01. The third-order valence-corrected chi connectivity index (χ3v) is 3.92. The second kappa shape index (κ2) is 5.57. The number of nitrogens with zero attached hydrogens (tertiary/aromatic N) is 3. The highest BCUT2D eigenvalue weighted by atomic mass is 32.1. The SMILES string of the molecule is CN1CCN(CCc2nc(C(=O)O)cs2)CC1. The fourth-order valence-corrected chi connectivity index (χ4v) is 2.61. The van der Waals surface area contributed by atoms with Crippen LogP contribution in [-0.2, 0) is 6.42 Å². The van der Waals surface area contributed by atoms with Gasteiger partial charge in [-0.15, -0.1) is 11.3 Å². The standard InChI is InChI=1S/C11H17N3O2S/c1-13-4-6-14(7-5-13)3-2-10-12-9(8-17-10)11(15)16/h8H,2-7H2,1H3,(H,15,16). The molecule has 17 heavy (non-hydrogen) atoms. The summed E-state index contributed by atoms with van der Waals surface area (Å²) < 4.78 is 0. The van der Waals surface area contributed by atoms with Gasteiger partial charge in [0, 0.05) is 44.5 Å². The molecule has 6 heteroatoms. The van der Waals surface area contributed by atoms with Crippen molar-refractivity contribution in [3.05, 3.63) is 16.1 Å². The van der Waals surface area contributed by atoms with Gasteiger partial charge >= 0.3 is 5.97 Å². The number of aromatic nitrogens is 1. The molecule has 0 unspecified atom stereocenters. The van der Waals surface area contributed by atoms with Gasteiger partial charge in [-0.1, -0.05) is 0 Å². The molecule has 0 saturated carbocycles. The molecule has 0 aromatic carbocycles. The molecular formula is C11H17N3O2S. The van der Waals surface area contributed by atoms with Gasteiger partial charge in [0.2, 0.25) is 0 Å². The molecule has 0 bridgehead atoms. The number of piperazine rings is 1. The smallest absolute Gasteiger partial charge is 0.355 e. The van der Waals surface area contributed by atoms with E-state index in [0.29, 0.717) is 0 Å². The number of rotatable bonds is 4. The summed E-state index contributed by atoms with van der Waals surface area (Å²) in [5.74, 6) is -0.938. The lowest BCUT2D eigenvalue weighted by Crippen LogP contribution is -2.45. The van der Waals surface area contributed by atoms with Crippen LogP contribution in [0.1, 0.15) is 15.5 Å². The van der Waals surface area contributed by atoms with Crippen molar-refractivity contribution in [2.75, 3.05) is 39.8 Å². The quantitative estimate of drug-likeness (QED) is 0.855. The van der Waals surface area contributed by atoms with E-state index >= 15 is 0 Å². The van der Waals surface area contributed by atoms with Gasteiger partial charge in [0.15, 0.2) is 5.69 Å². The first-order chi connectivity index (χ1) is 8.15. The third kappa shape index (κ3) is 3.49. The van der Waals surface area contributed by atoms with Crippen LogP contribution in [0.2, 0.25) is 0 Å². The molecule has 1 aliphatic heterocycles. The van der Waals surface area contributed by atoms with Crippen molar-refractivity contribution >= 4 is 17.3 Å². The number of carboxylic acid groups (broad SMARTS) is 1. The number of aromatic carboxylic acids is 1. The molecule has 1 aromatic rings. The van der Waals surface area contributed by atoms with E-state index < -0.39 is 5.97 Å². The summed E-state index contributed by atoms with van der Waals surface area (Å²) in [6.07, 6.45) is 0.849. The molecule has 0 aliphatic carbocycles. The zero-order chi connectivity index (χ0) is 12.3. The topological polar surface area (TPSA) is 56.7 Å². The molecule has 94 valence electrons. The van der Waals surface area contributed by atoms with E-state index in [1.165, 1.54) is 11.3 Å². The lowest BCUT2D eigenvalue weighted by atomic mass is 10.3. The van der Waals surface area contributed by atoms with E-state index in [9.17, 15) is 4.79 Å². The van der Waals surface area contributed by atoms with Crippen LogP contribution in [0.4, 0.5) is 0 Å². The molecule has 1 N–H and O–H groups in total. The number of hydrogen-bond donors (Lipinski definition) is 1. The van der Waals surface area contributed by atoms with Gasteiger partial charge in [-0.2, -0.15) is 0 Å². The Kier molecular flexibility index (Phi) is 4.09. The van der Waals surface area contributed by atoms with E-state index in [1.54, 1.807) is 5.38 Å². The van der Waals surface area contributed by atoms with E-state index in [-0.39, 0.29) is 5.69 Å². The van der Waals surface area contributed by atoms with E-state index in [2.05, 4.69) is 21.8 Å². The van der Waals surface area contributed by atoms with E-state index in [1.807, 2.05) is 0 Å². The molecule has 1 saturated heterocycles. The average Bonchev–Trinajstić information content (AvgIpc) is 2.77. The number of carbonyl (C=O) groups is 1. The Bertz CT molecular complexity index is 386. The maximum atomic E-state index is 10.7. The first kappa shape index (κ1) is 12.5. The zero-order valence-electron chi connectivity index (χ0n) is 9.93. The molecule has 2 rings (SSSR count). The minimum atomic E-state index is -0.938. The normalized spacial score (nSPS) is 18.4. The minimum absolute atomic E-state index is 0.170. The number of hydrogen-bond acceptors (Lipinski definition) is 5. The Hall–Kier alpha value is -0.980. The first-order valence-corrected chi connectivity index (χ1v) is 6.62. The highest BCUT2D eigenvalue weighted by Gasteiger charge is 2.14. The van der Waals surface area contributed by atoms with Crippen LogP contribution in [0, 0.1) is 0 Å². The molecular weight excluding hydrogens is 238 g/mol. The lowest BCUT2D eigenvalue weighted by molar-refractivity contribution is 0.0691. The fraction of sp³-hybridized carbons (Fsp3) is 0.636. The van der Waals surface area contributed by atoms with Gasteiger partial charge in [-0.05, 0) is 7.05 Å². The van der Waals surface area contributed by atoms with E-state index in [0.717, 1.165) is 44.2 Å². The van der Waals surface area contributed by atoms with E-state index in [4.69, 9.17) is 5.11 Å². The van der Waals surface area contributed by atoms with Crippen molar-refractivity contribution in [1.82, 2.24) is 14.8 Å². The summed E-state index contributed by atoms with van der Waals surface area (Å²) in [5, 5.41) is 11.3. The first-order valence-electron chi connectivity index (χ1n) is 5.74. The molecule has 2 heterocycles. The Labute approximate surface area is 105 Å². The van der Waals surface area contributed by atoms with Gasteiger partial charge in [0.05, 0.1) is 5.01 Å². The summed E-state index contributed by atoms with van der Waals surface area (Å²) in [5.41, 5.74) is 0.170. The summed E-state index contributed by atoms with van der Waals surface area (Å²) in [6.45, 7) is 5.37. The summed E-state index contributed by atoms with van der Waals surface area (Å²) >= 11 is 1.44. The van der Waals surface area contributed by atoms with Crippen molar-refractivity contribution in [2.24, 2.45) is 0 Å². The molecule has 1 aromatic heterocycles. The summed E-state index contributed by atoms with van der Waals surface area (Å²) in [4.78, 5) is 19.5. The molecule has 5 nitrogen and oxygen atoms in total. The van der Waals surface area contributed by atoms with Crippen LogP contribution in [0.3, 0.4) is 0 Å². The predicted molar refractivity (Wildman–Crippen MR) is 66.7 cm³/mol. The monoisotopic (exact) mass is 255 g/mol. The van der Waals surface area contributed by atoms with Crippen molar-refractivity contribution < 1.29 is 9.90 Å². The van der Waals surface area contributed by atoms with Crippen LogP contribution < -0.4 is 0 Å². The van der Waals surface area contributed by atoms with Crippen molar-refractivity contribution in [3.8, 4) is 0 Å². The van der Waals surface area contributed by atoms with Crippen LogP contribution in [0.5, 0.6) is 0 Å². The van der Waals surface area contributed by atoms with Crippen molar-refractivity contribution in [1.29, 1.82) is 0 Å². The maximum Gasteiger partial charge on any atom is 0.355 e. The van der Waals surface area contributed by atoms with Crippen LogP contribution in [0.25, 0.3) is 0 Å². The molecule has 0 radical (unpaired) electrons. The van der Waals surface area contributed by atoms with Gasteiger partial charge < -0.3 is 14.9 Å². The van der Waals surface area contributed by atoms with Crippen LogP contribution in [0.15, 0.2) is 5.38 Å². The summed E-state index contributed by atoms with van der Waals surface area (Å²) in [6, 6.07) is 0. The molecule has 1 aliphatic rings. The highest BCUT2D eigenvalue weighted by Crippen LogP contribution is 2.11. The molecule has 0 spiro atoms. The van der Waals surface area contributed by atoms with Gasteiger partial charge in [-0.25, -0.2) is 9.78 Å². The summed E-state index contributed by atoms with van der Waals surface area (Å²) in [7, 11) is 2.14. The minimum Gasteiger partial charge on any atom is -0.476 e. The van der Waals surface area contributed by atoms with Gasteiger partial charge in [-0.3, -0.25) is 0 Å². The molecule has 1 fully saturated rings. The second-order valence-electron chi connectivity index (χ2n) is 4.33. The number of likely N-dealkylation sites (N-methyl/N-ethyl adjacent to an activating group) is 1. The van der Waals surface area contributed by atoms with Crippen molar-refractivity contribution in [2.45, 2.75) is 6.42 Å². The van der Waals surface area contributed by atoms with Crippen molar-refractivity contribution in [3.63, 3.8) is 0 Å². The molecule has 0 amide bonds. The van der Waals surface area contributed by atoms with Gasteiger partial charge in [0.25, 0.3) is 0 Å². The highest BCUT2D eigenvalue weighted by molar-refractivity contribution is 7.09. The Morgan fingerprint density at radius 1 is 1.47 bits per heavy atom.